The minimum Gasteiger partial charge on any atom is -0.493 e. The minimum absolute atomic E-state index is 0.230. The number of aromatic nitrogens is 4. The van der Waals surface area contributed by atoms with Crippen molar-refractivity contribution < 1.29 is 37.2 Å². The molecule has 0 spiro atoms. The highest BCUT2D eigenvalue weighted by atomic mass is 35.5. The molecule has 0 atom stereocenters. The second-order valence-corrected chi connectivity index (χ2v) is 14.9. The van der Waals surface area contributed by atoms with Crippen molar-refractivity contribution in [3.8, 4) is 23.0 Å². The maximum atomic E-state index is 14.2. The molecular weight excluding hydrogens is 815 g/mol. The normalized spacial score (nSPS) is 14.5. The van der Waals surface area contributed by atoms with Crippen molar-refractivity contribution >= 4 is 79.8 Å². The molecule has 2 fully saturated rings. The number of benzene rings is 4. The quantitative estimate of drug-likeness (QED) is 0.115. The number of anilines is 4. The number of thioether (sulfide) groups is 1. The van der Waals surface area contributed by atoms with E-state index in [0.29, 0.717) is 86.3 Å². The lowest BCUT2D eigenvalue weighted by Gasteiger charge is -2.26. The van der Waals surface area contributed by atoms with Gasteiger partial charge in [0.05, 0.1) is 49.8 Å². The van der Waals surface area contributed by atoms with Crippen molar-refractivity contribution in [1.29, 1.82) is 0 Å². The lowest BCUT2D eigenvalue weighted by molar-refractivity contribution is -0.0686. The van der Waals surface area contributed by atoms with Crippen molar-refractivity contribution in [2.45, 2.75) is 6.29 Å². The van der Waals surface area contributed by atoms with Crippen molar-refractivity contribution in [1.82, 2.24) is 24.8 Å². The molecule has 13 nitrogen and oxygen atoms in total. The molecule has 2 saturated heterocycles. The summed E-state index contributed by atoms with van der Waals surface area (Å²) in [4.78, 5) is 19.5. The summed E-state index contributed by atoms with van der Waals surface area (Å²) in [7, 11) is 3.12. The smallest absolute Gasteiger partial charge is 0.191 e. The van der Waals surface area contributed by atoms with Gasteiger partial charge in [0.25, 0.3) is 0 Å². The third kappa shape index (κ3) is 10.4. The summed E-state index contributed by atoms with van der Waals surface area (Å²) in [5, 5.41) is 7.97. The molecule has 0 amide bonds. The molecule has 2 N–H and O–H groups in total. The van der Waals surface area contributed by atoms with Gasteiger partial charge in [0, 0.05) is 64.1 Å². The van der Waals surface area contributed by atoms with Gasteiger partial charge in [0.2, 0.25) is 0 Å². The standard InChI is InChI=1S/C21H22ClFN4O2S.C19H17ClFN3O4/c1-28-19-11-15-18(12-20(19)29-7-4-27-5-8-30-9-6-27)24-13-25-21(15)26-17-3-2-14(22)10-16(17)23;1-25-16-7-12-15(8-17(16)28-9-18-26-4-5-27-18)22-10-23-19(12)24-14-3-2-11(20)6-13(14)21/h2-3,10-13H,4-9H2,1H3,(H,24,25,26);2-3,6-8,10,18H,4-5,9H2,1H3,(H,22,23,24). The fourth-order valence-corrected chi connectivity index (χ4v) is 7.38. The maximum absolute atomic E-state index is 14.2. The molecule has 0 radical (unpaired) electrons. The summed E-state index contributed by atoms with van der Waals surface area (Å²) in [6, 6.07) is 15.9. The molecule has 0 aliphatic carbocycles. The molecule has 8 rings (SSSR count). The second kappa shape index (κ2) is 19.7. The summed E-state index contributed by atoms with van der Waals surface area (Å²) < 4.78 is 61.8. The SMILES string of the molecule is COc1cc2c(Nc3ccc(Cl)cc3F)ncnc2cc1OCC1OCCO1.COc1cc2c(Nc3ccc(Cl)cc3F)ncnc2cc1OCCN1CCSCC1. The minimum atomic E-state index is -0.484. The van der Waals surface area contributed by atoms with Crippen LogP contribution in [-0.2, 0) is 9.47 Å². The van der Waals surface area contributed by atoms with Gasteiger partial charge in [-0.15, -0.1) is 0 Å². The summed E-state index contributed by atoms with van der Waals surface area (Å²) in [6.07, 6.45) is 2.41. The second-order valence-electron chi connectivity index (χ2n) is 12.8. The van der Waals surface area contributed by atoms with Gasteiger partial charge in [-0.05, 0) is 48.5 Å². The fourth-order valence-electron chi connectivity index (χ4n) is 6.08. The van der Waals surface area contributed by atoms with Gasteiger partial charge in [-0.25, -0.2) is 28.7 Å². The molecule has 18 heteroatoms. The van der Waals surface area contributed by atoms with Crippen LogP contribution in [0.15, 0.2) is 73.3 Å². The molecule has 304 valence electrons. The summed E-state index contributed by atoms with van der Waals surface area (Å²) in [5.41, 5.74) is 1.81. The van der Waals surface area contributed by atoms with Crippen LogP contribution >= 0.6 is 35.0 Å². The van der Waals surface area contributed by atoms with Crippen LogP contribution in [0.5, 0.6) is 23.0 Å². The molecule has 2 aliphatic heterocycles. The van der Waals surface area contributed by atoms with Gasteiger partial charge in [0.15, 0.2) is 29.3 Å². The Morgan fingerprint density at radius 3 is 1.72 bits per heavy atom. The van der Waals surface area contributed by atoms with Crippen LogP contribution in [0.1, 0.15) is 0 Å². The van der Waals surface area contributed by atoms with Crippen LogP contribution in [0.25, 0.3) is 21.8 Å². The average molecular weight is 855 g/mol. The molecule has 6 aromatic rings. The highest BCUT2D eigenvalue weighted by molar-refractivity contribution is 7.99. The number of rotatable bonds is 13. The zero-order valence-electron chi connectivity index (χ0n) is 31.5. The van der Waals surface area contributed by atoms with Crippen LogP contribution in [0, 0.1) is 11.6 Å². The first-order chi connectivity index (χ1) is 28.3. The van der Waals surface area contributed by atoms with E-state index in [1.54, 1.807) is 49.6 Å². The Hall–Kier alpha value is -4.97. The lowest BCUT2D eigenvalue weighted by atomic mass is 10.2. The molecule has 0 bridgehead atoms. The maximum Gasteiger partial charge on any atom is 0.191 e. The van der Waals surface area contributed by atoms with Crippen LogP contribution in [0.4, 0.5) is 31.8 Å². The summed E-state index contributed by atoms with van der Waals surface area (Å²) >= 11 is 13.6. The van der Waals surface area contributed by atoms with Crippen molar-refractivity contribution in [3.05, 3.63) is 95.0 Å². The summed E-state index contributed by atoms with van der Waals surface area (Å²) in [5.74, 6) is 4.47. The van der Waals surface area contributed by atoms with E-state index in [9.17, 15) is 8.78 Å². The number of nitrogens with zero attached hydrogens (tertiary/aromatic N) is 5. The van der Waals surface area contributed by atoms with Gasteiger partial charge >= 0.3 is 0 Å². The number of halogens is 4. The molecule has 4 aromatic carbocycles. The Balaban J connectivity index is 0.000000177. The Bertz CT molecular complexity index is 2360. The topological polar surface area (TPSA) is 134 Å². The van der Waals surface area contributed by atoms with Gasteiger partial charge in [-0.3, -0.25) is 4.90 Å². The Labute approximate surface area is 347 Å². The van der Waals surface area contributed by atoms with Gasteiger partial charge in [0.1, 0.15) is 49.1 Å². The third-order valence-electron chi connectivity index (χ3n) is 9.04. The molecule has 58 heavy (non-hydrogen) atoms. The fraction of sp³-hybridized carbons (Fsp3) is 0.300. The van der Waals surface area contributed by atoms with Crippen LogP contribution in [0.2, 0.25) is 10.0 Å². The van der Waals surface area contributed by atoms with E-state index in [-0.39, 0.29) is 18.0 Å². The third-order valence-corrected chi connectivity index (χ3v) is 10.5. The van der Waals surface area contributed by atoms with Crippen molar-refractivity contribution in [2.75, 3.05) is 82.4 Å². The Morgan fingerprint density at radius 1 is 0.707 bits per heavy atom. The van der Waals surface area contributed by atoms with E-state index >= 15 is 0 Å². The zero-order chi connectivity index (χ0) is 40.4. The molecule has 0 saturated carbocycles. The number of nitrogens with one attached hydrogen (secondary N) is 2. The molecule has 4 heterocycles. The molecule has 0 unspecified atom stereocenters. The number of ether oxygens (including phenoxy) is 6. The number of hydrogen-bond donors (Lipinski definition) is 2. The lowest BCUT2D eigenvalue weighted by Crippen LogP contribution is -2.35. The first kappa shape index (κ1) is 41.2. The highest BCUT2D eigenvalue weighted by Gasteiger charge is 2.20. The largest absolute Gasteiger partial charge is 0.493 e. The van der Waals surface area contributed by atoms with E-state index in [0.717, 1.165) is 19.6 Å². The van der Waals surface area contributed by atoms with Crippen LogP contribution in [0.3, 0.4) is 0 Å². The number of fused-ring (bicyclic) bond motifs is 2. The van der Waals surface area contributed by atoms with E-state index in [1.165, 1.54) is 43.4 Å². The zero-order valence-corrected chi connectivity index (χ0v) is 33.8. The average Bonchev–Trinajstić information content (AvgIpc) is 3.76. The molecular formula is C40H39Cl2F2N7O6S. The predicted octanol–water partition coefficient (Wildman–Crippen LogP) is 8.53. The van der Waals surface area contributed by atoms with E-state index < -0.39 is 17.9 Å². The van der Waals surface area contributed by atoms with Gasteiger partial charge in [-0.2, -0.15) is 11.8 Å². The monoisotopic (exact) mass is 853 g/mol. The number of methoxy groups -OCH3 is 2. The molecule has 2 aromatic heterocycles. The van der Waals surface area contributed by atoms with Gasteiger partial charge in [-0.1, -0.05) is 23.2 Å². The van der Waals surface area contributed by atoms with E-state index in [2.05, 4.69) is 35.5 Å². The Kier molecular flexibility index (Phi) is 14.0. The van der Waals surface area contributed by atoms with Crippen molar-refractivity contribution in [3.63, 3.8) is 0 Å². The Morgan fingerprint density at radius 2 is 1.22 bits per heavy atom. The van der Waals surface area contributed by atoms with Crippen LogP contribution in [-0.4, -0.2) is 103 Å². The van der Waals surface area contributed by atoms with Crippen LogP contribution < -0.4 is 29.6 Å². The van der Waals surface area contributed by atoms with Crippen molar-refractivity contribution in [2.24, 2.45) is 0 Å². The van der Waals surface area contributed by atoms with E-state index in [4.69, 9.17) is 51.6 Å². The van der Waals surface area contributed by atoms with Gasteiger partial charge < -0.3 is 39.1 Å². The first-order valence-corrected chi connectivity index (χ1v) is 20.1. The predicted molar refractivity (Wildman–Crippen MR) is 222 cm³/mol. The van der Waals surface area contributed by atoms with E-state index in [1.807, 2.05) is 17.8 Å². The summed E-state index contributed by atoms with van der Waals surface area (Å²) in [6.45, 7) is 4.94. The number of hydrogen-bond acceptors (Lipinski definition) is 14. The first-order valence-electron chi connectivity index (χ1n) is 18.2. The highest BCUT2D eigenvalue weighted by Crippen LogP contribution is 2.37. The molecule has 2 aliphatic rings.